The zero-order valence-corrected chi connectivity index (χ0v) is 9.43. The SMILES string of the molecule is CN(Cc1ccncc1F)[C@@H]1CCC[C@H]1O. The number of nitrogens with zero attached hydrogens (tertiary/aromatic N) is 2. The Kier molecular flexibility index (Phi) is 3.51. The van der Waals surface area contributed by atoms with Crippen LogP contribution in [0.1, 0.15) is 24.8 Å². The van der Waals surface area contributed by atoms with Gasteiger partial charge in [-0.3, -0.25) is 9.88 Å². The molecule has 0 spiro atoms. The Labute approximate surface area is 94.9 Å². The van der Waals surface area contributed by atoms with Gasteiger partial charge in [-0.25, -0.2) is 4.39 Å². The molecule has 3 nitrogen and oxygen atoms in total. The standard InChI is InChI=1S/C12H17FN2O/c1-15(11-3-2-4-12(11)16)8-9-5-6-14-7-10(9)13/h5-7,11-12,16H,2-4,8H2,1H3/t11-,12-/m1/s1. The maximum absolute atomic E-state index is 13.4. The van der Waals surface area contributed by atoms with Gasteiger partial charge in [0.25, 0.3) is 0 Å². The maximum Gasteiger partial charge on any atom is 0.145 e. The van der Waals surface area contributed by atoms with Crippen LogP contribution in [0.3, 0.4) is 0 Å². The fraction of sp³-hybridized carbons (Fsp3) is 0.583. The summed E-state index contributed by atoms with van der Waals surface area (Å²) in [5, 5.41) is 9.76. The van der Waals surface area contributed by atoms with Gasteiger partial charge in [-0.05, 0) is 32.4 Å². The van der Waals surface area contributed by atoms with Crippen LogP contribution in [-0.4, -0.2) is 34.2 Å². The highest BCUT2D eigenvalue weighted by molar-refractivity contribution is 5.12. The Morgan fingerprint density at radius 2 is 2.38 bits per heavy atom. The van der Waals surface area contributed by atoms with E-state index >= 15 is 0 Å². The van der Waals surface area contributed by atoms with Crippen LogP contribution in [0, 0.1) is 5.82 Å². The molecule has 0 unspecified atom stereocenters. The number of aliphatic hydroxyl groups is 1. The van der Waals surface area contributed by atoms with Crippen molar-refractivity contribution in [2.75, 3.05) is 7.05 Å². The van der Waals surface area contributed by atoms with Crippen molar-refractivity contribution in [3.63, 3.8) is 0 Å². The quantitative estimate of drug-likeness (QED) is 0.846. The van der Waals surface area contributed by atoms with E-state index in [4.69, 9.17) is 0 Å². The van der Waals surface area contributed by atoms with Crippen molar-refractivity contribution in [1.82, 2.24) is 9.88 Å². The van der Waals surface area contributed by atoms with Gasteiger partial charge in [-0.2, -0.15) is 0 Å². The first kappa shape index (κ1) is 11.5. The first-order valence-electron chi connectivity index (χ1n) is 5.65. The second-order valence-corrected chi connectivity index (χ2v) is 4.45. The van der Waals surface area contributed by atoms with Gasteiger partial charge in [0.15, 0.2) is 0 Å². The summed E-state index contributed by atoms with van der Waals surface area (Å²) in [4.78, 5) is 5.75. The topological polar surface area (TPSA) is 36.4 Å². The number of hydrogen-bond acceptors (Lipinski definition) is 3. The normalized spacial score (nSPS) is 25.2. The smallest absolute Gasteiger partial charge is 0.145 e. The highest BCUT2D eigenvalue weighted by Crippen LogP contribution is 2.24. The van der Waals surface area contributed by atoms with Crippen LogP contribution in [0.4, 0.5) is 4.39 Å². The molecular weight excluding hydrogens is 207 g/mol. The summed E-state index contributed by atoms with van der Waals surface area (Å²) >= 11 is 0. The molecule has 1 saturated carbocycles. The lowest BCUT2D eigenvalue weighted by Gasteiger charge is -2.27. The molecule has 2 rings (SSSR count). The molecule has 0 aliphatic heterocycles. The summed E-state index contributed by atoms with van der Waals surface area (Å²) in [5.74, 6) is -0.276. The molecule has 88 valence electrons. The molecule has 1 N–H and O–H groups in total. The minimum atomic E-state index is -0.276. The summed E-state index contributed by atoms with van der Waals surface area (Å²) < 4.78 is 13.4. The number of halogens is 1. The van der Waals surface area contributed by atoms with Crippen LogP contribution in [0.5, 0.6) is 0 Å². The third-order valence-corrected chi connectivity index (χ3v) is 3.29. The summed E-state index contributed by atoms with van der Waals surface area (Å²) in [6.07, 6.45) is 5.45. The van der Waals surface area contributed by atoms with E-state index in [1.54, 1.807) is 12.3 Å². The van der Waals surface area contributed by atoms with E-state index in [-0.39, 0.29) is 18.0 Å². The molecule has 0 saturated heterocycles. The molecule has 0 amide bonds. The van der Waals surface area contributed by atoms with E-state index in [0.29, 0.717) is 12.1 Å². The number of likely N-dealkylation sites (N-methyl/N-ethyl adjacent to an activating group) is 1. The van der Waals surface area contributed by atoms with Crippen LogP contribution >= 0.6 is 0 Å². The molecule has 1 fully saturated rings. The van der Waals surface area contributed by atoms with Gasteiger partial charge in [0.05, 0.1) is 12.3 Å². The molecule has 0 aromatic carbocycles. The number of aliphatic hydroxyl groups excluding tert-OH is 1. The lowest BCUT2D eigenvalue weighted by molar-refractivity contribution is 0.0819. The van der Waals surface area contributed by atoms with E-state index < -0.39 is 0 Å². The van der Waals surface area contributed by atoms with Crippen LogP contribution in [-0.2, 0) is 6.54 Å². The maximum atomic E-state index is 13.4. The highest BCUT2D eigenvalue weighted by atomic mass is 19.1. The molecule has 4 heteroatoms. The van der Waals surface area contributed by atoms with E-state index in [1.807, 2.05) is 11.9 Å². The molecule has 1 aliphatic rings. The van der Waals surface area contributed by atoms with E-state index in [1.165, 1.54) is 6.20 Å². The predicted molar refractivity (Wildman–Crippen MR) is 59.3 cm³/mol. The van der Waals surface area contributed by atoms with Crippen molar-refractivity contribution in [2.24, 2.45) is 0 Å². The summed E-state index contributed by atoms with van der Waals surface area (Å²) in [6.45, 7) is 0.524. The lowest BCUT2D eigenvalue weighted by atomic mass is 10.1. The molecule has 1 aromatic heterocycles. The van der Waals surface area contributed by atoms with Crippen molar-refractivity contribution >= 4 is 0 Å². The molecular formula is C12H17FN2O. The van der Waals surface area contributed by atoms with Crippen molar-refractivity contribution in [1.29, 1.82) is 0 Å². The van der Waals surface area contributed by atoms with Crippen molar-refractivity contribution in [3.8, 4) is 0 Å². The van der Waals surface area contributed by atoms with E-state index in [0.717, 1.165) is 19.3 Å². The highest BCUT2D eigenvalue weighted by Gasteiger charge is 2.28. The number of aromatic nitrogens is 1. The van der Waals surface area contributed by atoms with Gasteiger partial charge in [0, 0.05) is 24.3 Å². The number of pyridine rings is 1. The molecule has 16 heavy (non-hydrogen) atoms. The molecule has 1 aromatic rings. The number of rotatable bonds is 3. The van der Waals surface area contributed by atoms with Crippen LogP contribution < -0.4 is 0 Å². The second-order valence-electron chi connectivity index (χ2n) is 4.45. The van der Waals surface area contributed by atoms with Gasteiger partial charge in [-0.1, -0.05) is 0 Å². The van der Waals surface area contributed by atoms with Crippen molar-refractivity contribution in [3.05, 3.63) is 29.8 Å². The summed E-state index contributed by atoms with van der Waals surface area (Å²) in [7, 11) is 1.93. The second kappa shape index (κ2) is 4.89. The Bertz CT molecular complexity index is 359. The minimum Gasteiger partial charge on any atom is -0.391 e. The van der Waals surface area contributed by atoms with Gasteiger partial charge < -0.3 is 5.11 Å². The Morgan fingerprint density at radius 3 is 3.00 bits per heavy atom. The zero-order valence-electron chi connectivity index (χ0n) is 9.43. The third-order valence-electron chi connectivity index (χ3n) is 3.29. The lowest BCUT2D eigenvalue weighted by Crippen LogP contribution is -2.37. The summed E-state index contributed by atoms with van der Waals surface area (Å²) in [6, 6.07) is 1.85. The average molecular weight is 224 g/mol. The summed E-state index contributed by atoms with van der Waals surface area (Å²) in [5.41, 5.74) is 0.636. The van der Waals surface area contributed by atoms with Crippen molar-refractivity contribution < 1.29 is 9.50 Å². The van der Waals surface area contributed by atoms with Gasteiger partial charge >= 0.3 is 0 Å². The fourth-order valence-electron chi connectivity index (χ4n) is 2.35. The van der Waals surface area contributed by atoms with Gasteiger partial charge in [0.1, 0.15) is 5.82 Å². The Hall–Kier alpha value is -1.00. The van der Waals surface area contributed by atoms with Crippen molar-refractivity contribution in [2.45, 2.75) is 38.0 Å². The zero-order chi connectivity index (χ0) is 11.5. The minimum absolute atomic E-state index is 0.160. The molecule has 1 aliphatic carbocycles. The fourth-order valence-corrected chi connectivity index (χ4v) is 2.35. The van der Waals surface area contributed by atoms with Crippen LogP contribution in [0.25, 0.3) is 0 Å². The van der Waals surface area contributed by atoms with E-state index in [9.17, 15) is 9.50 Å². The Balaban J connectivity index is 2.02. The largest absolute Gasteiger partial charge is 0.391 e. The molecule has 0 bridgehead atoms. The first-order chi connectivity index (χ1) is 7.68. The van der Waals surface area contributed by atoms with Crippen LogP contribution in [0.15, 0.2) is 18.5 Å². The molecule has 1 heterocycles. The number of hydrogen-bond donors (Lipinski definition) is 1. The van der Waals surface area contributed by atoms with Gasteiger partial charge in [0.2, 0.25) is 0 Å². The Morgan fingerprint density at radius 1 is 1.56 bits per heavy atom. The van der Waals surface area contributed by atoms with Crippen LogP contribution in [0.2, 0.25) is 0 Å². The molecule has 2 atom stereocenters. The molecule has 0 radical (unpaired) electrons. The van der Waals surface area contributed by atoms with E-state index in [2.05, 4.69) is 4.98 Å². The predicted octanol–water partition coefficient (Wildman–Crippen LogP) is 1.57. The monoisotopic (exact) mass is 224 g/mol. The third kappa shape index (κ3) is 2.39. The first-order valence-corrected chi connectivity index (χ1v) is 5.65. The average Bonchev–Trinajstić information content (AvgIpc) is 2.68. The van der Waals surface area contributed by atoms with Gasteiger partial charge in [-0.15, -0.1) is 0 Å².